The molecule has 3 fully saturated rings. The summed E-state index contributed by atoms with van der Waals surface area (Å²) in [6.07, 6.45) is 4.12. The van der Waals surface area contributed by atoms with Crippen LogP contribution in [0, 0.1) is 11.7 Å². The zero-order valence-corrected chi connectivity index (χ0v) is 24.0. The van der Waals surface area contributed by atoms with E-state index in [4.69, 9.17) is 0 Å². The highest BCUT2D eigenvalue weighted by Crippen LogP contribution is 2.34. The van der Waals surface area contributed by atoms with Crippen LogP contribution in [0.2, 0.25) is 0 Å². The van der Waals surface area contributed by atoms with Gasteiger partial charge in [0.15, 0.2) is 5.82 Å². The number of nitrogens with zero attached hydrogens (tertiary/aromatic N) is 2. The monoisotopic (exact) mass is 578 g/mol. The standard InChI is InChI=1S/C32H39FN4O5/c1-20(31(41)34-22-10-5-11-22)16-27(38)25(17-21-8-3-2-4-9-21)35-32(42)24-18-23(36-14-6-12-28(36)39)19-26(30(24)33)37-15-7-13-29(37)40/h2-4,8-9,18-20,22,25,27,38H,5-7,10-17H2,1H3,(H,34,41)(H,35,42). The van der Waals surface area contributed by atoms with E-state index < -0.39 is 29.8 Å². The van der Waals surface area contributed by atoms with E-state index in [0.29, 0.717) is 38.0 Å². The van der Waals surface area contributed by atoms with Crippen LogP contribution in [0.4, 0.5) is 15.8 Å². The Morgan fingerprint density at radius 2 is 1.67 bits per heavy atom. The molecule has 0 spiro atoms. The molecule has 2 heterocycles. The number of anilines is 2. The van der Waals surface area contributed by atoms with E-state index in [9.17, 15) is 24.3 Å². The molecule has 0 radical (unpaired) electrons. The first-order valence-electron chi connectivity index (χ1n) is 15.0. The van der Waals surface area contributed by atoms with Gasteiger partial charge in [0.1, 0.15) is 0 Å². The fourth-order valence-corrected chi connectivity index (χ4v) is 5.86. The van der Waals surface area contributed by atoms with Gasteiger partial charge in [-0.25, -0.2) is 4.39 Å². The van der Waals surface area contributed by atoms with Crippen molar-refractivity contribution in [2.75, 3.05) is 22.9 Å². The Bertz CT molecular complexity index is 1330. The third kappa shape index (κ3) is 6.64. The van der Waals surface area contributed by atoms with Crippen molar-refractivity contribution in [2.45, 2.75) is 82.9 Å². The Morgan fingerprint density at radius 3 is 2.26 bits per heavy atom. The van der Waals surface area contributed by atoms with E-state index >= 15 is 4.39 Å². The molecular formula is C32H39FN4O5. The number of carbonyl (C=O) groups excluding carboxylic acids is 4. The Kier molecular flexibility index (Phi) is 9.21. The van der Waals surface area contributed by atoms with Crippen molar-refractivity contribution in [2.24, 2.45) is 5.92 Å². The third-order valence-electron chi connectivity index (χ3n) is 8.61. The van der Waals surface area contributed by atoms with Crippen LogP contribution in [-0.2, 0) is 20.8 Å². The summed E-state index contributed by atoms with van der Waals surface area (Å²) in [7, 11) is 0. The maximum Gasteiger partial charge on any atom is 0.254 e. The summed E-state index contributed by atoms with van der Waals surface area (Å²) >= 11 is 0. The van der Waals surface area contributed by atoms with Crippen LogP contribution in [0.15, 0.2) is 42.5 Å². The van der Waals surface area contributed by atoms with Gasteiger partial charge in [-0.2, -0.15) is 0 Å². The summed E-state index contributed by atoms with van der Waals surface area (Å²) in [4.78, 5) is 54.4. The molecule has 3 N–H and O–H groups in total. The number of nitrogens with one attached hydrogen (secondary N) is 2. The average molecular weight is 579 g/mol. The van der Waals surface area contributed by atoms with Gasteiger partial charge >= 0.3 is 0 Å². The molecule has 3 atom stereocenters. The lowest BCUT2D eigenvalue weighted by Crippen LogP contribution is -2.48. The highest BCUT2D eigenvalue weighted by molar-refractivity contribution is 6.03. The lowest BCUT2D eigenvalue weighted by molar-refractivity contribution is -0.127. The van der Waals surface area contributed by atoms with Gasteiger partial charge in [0.25, 0.3) is 5.91 Å². The van der Waals surface area contributed by atoms with Gasteiger partial charge in [0.05, 0.1) is 23.4 Å². The van der Waals surface area contributed by atoms with Gasteiger partial charge in [-0.05, 0) is 62.6 Å². The molecule has 4 amide bonds. The minimum atomic E-state index is -1.10. The molecule has 0 aromatic heterocycles. The molecular weight excluding hydrogens is 539 g/mol. The topological polar surface area (TPSA) is 119 Å². The van der Waals surface area contributed by atoms with Gasteiger partial charge in [0, 0.05) is 43.6 Å². The Morgan fingerprint density at radius 1 is 1.00 bits per heavy atom. The number of aliphatic hydroxyl groups is 1. The number of rotatable bonds is 11. The van der Waals surface area contributed by atoms with Crippen LogP contribution in [0.25, 0.3) is 0 Å². The minimum Gasteiger partial charge on any atom is -0.391 e. The molecule has 2 aromatic rings. The number of hydrogen-bond acceptors (Lipinski definition) is 5. The highest BCUT2D eigenvalue weighted by atomic mass is 19.1. The molecule has 42 heavy (non-hydrogen) atoms. The van der Waals surface area contributed by atoms with Gasteiger partial charge < -0.3 is 25.5 Å². The molecule has 1 saturated carbocycles. The lowest BCUT2D eigenvalue weighted by atomic mass is 9.90. The van der Waals surface area contributed by atoms with Gasteiger partial charge in [-0.15, -0.1) is 0 Å². The van der Waals surface area contributed by atoms with E-state index in [1.807, 2.05) is 30.3 Å². The second-order valence-electron chi connectivity index (χ2n) is 11.7. The number of hydrogen-bond donors (Lipinski definition) is 3. The van der Waals surface area contributed by atoms with Crippen molar-refractivity contribution >= 4 is 35.0 Å². The molecule has 2 aliphatic heterocycles. The maximum absolute atomic E-state index is 16.0. The average Bonchev–Trinajstić information content (AvgIpc) is 3.58. The first-order chi connectivity index (χ1) is 20.2. The van der Waals surface area contributed by atoms with Crippen molar-refractivity contribution in [3.05, 3.63) is 59.4 Å². The van der Waals surface area contributed by atoms with Crippen molar-refractivity contribution < 1.29 is 28.7 Å². The van der Waals surface area contributed by atoms with Crippen LogP contribution >= 0.6 is 0 Å². The zero-order valence-electron chi connectivity index (χ0n) is 24.0. The smallest absolute Gasteiger partial charge is 0.254 e. The highest BCUT2D eigenvalue weighted by Gasteiger charge is 2.33. The maximum atomic E-state index is 16.0. The number of benzene rings is 2. The van der Waals surface area contributed by atoms with Crippen LogP contribution < -0.4 is 20.4 Å². The summed E-state index contributed by atoms with van der Waals surface area (Å²) in [5.41, 5.74) is 0.887. The fourth-order valence-electron chi connectivity index (χ4n) is 5.86. The summed E-state index contributed by atoms with van der Waals surface area (Å²) < 4.78 is 16.0. The molecule has 9 nitrogen and oxygen atoms in total. The summed E-state index contributed by atoms with van der Waals surface area (Å²) in [5.74, 6) is -2.61. The molecule has 3 aliphatic rings. The predicted molar refractivity (Wildman–Crippen MR) is 157 cm³/mol. The van der Waals surface area contributed by atoms with Gasteiger partial charge in [-0.3, -0.25) is 19.2 Å². The first-order valence-corrected chi connectivity index (χ1v) is 15.0. The molecule has 10 heteroatoms. The summed E-state index contributed by atoms with van der Waals surface area (Å²) in [6, 6.07) is 11.5. The summed E-state index contributed by atoms with van der Waals surface area (Å²) in [6.45, 7) is 2.51. The Labute approximate surface area is 245 Å². The predicted octanol–water partition coefficient (Wildman–Crippen LogP) is 3.48. The van der Waals surface area contributed by atoms with Crippen LogP contribution in [0.5, 0.6) is 0 Å². The SMILES string of the molecule is CC(CC(O)C(Cc1ccccc1)NC(=O)c1cc(N2CCCC2=O)cc(N2CCCC2=O)c1F)C(=O)NC1CCC1. The Balaban J connectivity index is 1.41. The van der Waals surface area contributed by atoms with E-state index in [1.54, 1.807) is 6.92 Å². The number of amides is 4. The van der Waals surface area contributed by atoms with E-state index in [1.165, 1.54) is 21.9 Å². The second kappa shape index (κ2) is 13.0. The second-order valence-corrected chi connectivity index (χ2v) is 11.7. The van der Waals surface area contributed by atoms with E-state index in [0.717, 1.165) is 24.8 Å². The van der Waals surface area contributed by atoms with Crippen LogP contribution in [0.1, 0.15) is 74.2 Å². The van der Waals surface area contributed by atoms with E-state index in [-0.39, 0.29) is 54.3 Å². The number of carbonyl (C=O) groups is 4. The van der Waals surface area contributed by atoms with Crippen molar-refractivity contribution in [3.63, 3.8) is 0 Å². The van der Waals surface area contributed by atoms with Gasteiger partial charge in [0.2, 0.25) is 17.7 Å². The normalized spacial score (nSPS) is 19.4. The molecule has 0 bridgehead atoms. The van der Waals surface area contributed by atoms with Crippen LogP contribution in [-0.4, -0.2) is 60.0 Å². The quantitative estimate of drug-likeness (QED) is 0.377. The lowest BCUT2D eigenvalue weighted by Gasteiger charge is -2.30. The molecule has 2 aromatic carbocycles. The molecule has 224 valence electrons. The van der Waals surface area contributed by atoms with Crippen molar-refractivity contribution in [1.29, 1.82) is 0 Å². The number of aliphatic hydroxyl groups excluding tert-OH is 1. The molecule has 3 unspecified atom stereocenters. The largest absolute Gasteiger partial charge is 0.391 e. The fraction of sp³-hybridized carbons (Fsp3) is 0.500. The van der Waals surface area contributed by atoms with Crippen molar-refractivity contribution in [1.82, 2.24) is 10.6 Å². The third-order valence-corrected chi connectivity index (χ3v) is 8.61. The minimum absolute atomic E-state index is 0.0266. The summed E-state index contributed by atoms with van der Waals surface area (Å²) in [5, 5.41) is 17.1. The number of halogens is 1. The zero-order chi connectivity index (χ0) is 29.8. The Hall–Kier alpha value is -3.79. The van der Waals surface area contributed by atoms with E-state index in [2.05, 4.69) is 10.6 Å². The van der Waals surface area contributed by atoms with Crippen molar-refractivity contribution in [3.8, 4) is 0 Å². The first kappa shape index (κ1) is 29.7. The van der Waals surface area contributed by atoms with Gasteiger partial charge in [-0.1, -0.05) is 37.3 Å². The molecule has 1 aliphatic carbocycles. The molecule has 2 saturated heterocycles. The molecule has 5 rings (SSSR count). The van der Waals surface area contributed by atoms with Crippen LogP contribution in [0.3, 0.4) is 0 Å².